The zero-order chi connectivity index (χ0) is 13.1. The van der Waals surface area contributed by atoms with Gasteiger partial charge in [-0.2, -0.15) is 5.26 Å². The first-order valence-corrected chi connectivity index (χ1v) is 5.59. The summed E-state index contributed by atoms with van der Waals surface area (Å²) in [7, 11) is 0. The number of aliphatic hydroxyl groups excluding tert-OH is 2. The van der Waals surface area contributed by atoms with Crippen LogP contribution in [-0.2, 0) is 4.79 Å². The standard InChI is InChI=1S/C12H18N2O3/c1-12(2)3-10(14-6-8(16)7-15)9(5-13)11(17)4-12/h8,14-16H,3-4,6-7H2,1-2H3/t8-/m0/s1. The molecule has 0 aromatic heterocycles. The van der Waals surface area contributed by atoms with Crippen molar-refractivity contribution in [2.75, 3.05) is 13.2 Å². The Balaban J connectivity index is 2.84. The lowest BCUT2D eigenvalue weighted by atomic mass is 9.76. The van der Waals surface area contributed by atoms with Gasteiger partial charge in [0.15, 0.2) is 5.78 Å². The average molecular weight is 238 g/mol. The molecule has 94 valence electrons. The van der Waals surface area contributed by atoms with Crippen LogP contribution in [0.5, 0.6) is 0 Å². The molecule has 1 atom stereocenters. The Kier molecular flexibility index (Phi) is 4.27. The fourth-order valence-electron chi connectivity index (χ4n) is 1.91. The Morgan fingerprint density at radius 1 is 1.53 bits per heavy atom. The molecule has 0 unspecified atom stereocenters. The Morgan fingerprint density at radius 2 is 2.18 bits per heavy atom. The largest absolute Gasteiger partial charge is 0.394 e. The van der Waals surface area contributed by atoms with E-state index in [-0.39, 0.29) is 29.9 Å². The molecule has 0 spiro atoms. The molecule has 17 heavy (non-hydrogen) atoms. The third-order valence-corrected chi connectivity index (χ3v) is 2.75. The second-order valence-corrected chi connectivity index (χ2v) is 5.12. The van der Waals surface area contributed by atoms with Crippen molar-refractivity contribution in [1.82, 2.24) is 5.32 Å². The van der Waals surface area contributed by atoms with Gasteiger partial charge in [-0.1, -0.05) is 13.8 Å². The third kappa shape index (κ3) is 3.55. The van der Waals surface area contributed by atoms with E-state index in [2.05, 4.69) is 5.32 Å². The molecular weight excluding hydrogens is 220 g/mol. The van der Waals surface area contributed by atoms with Crippen LogP contribution in [0.15, 0.2) is 11.3 Å². The molecule has 0 aliphatic heterocycles. The van der Waals surface area contributed by atoms with Gasteiger partial charge >= 0.3 is 0 Å². The Bertz CT molecular complexity index is 380. The molecule has 0 heterocycles. The summed E-state index contributed by atoms with van der Waals surface area (Å²) in [4.78, 5) is 11.7. The topological polar surface area (TPSA) is 93.4 Å². The van der Waals surface area contributed by atoms with E-state index in [1.54, 1.807) is 0 Å². The highest BCUT2D eigenvalue weighted by molar-refractivity contribution is 6.01. The molecule has 3 N–H and O–H groups in total. The highest BCUT2D eigenvalue weighted by Gasteiger charge is 2.33. The van der Waals surface area contributed by atoms with Gasteiger partial charge in [-0.3, -0.25) is 4.79 Å². The van der Waals surface area contributed by atoms with Crippen molar-refractivity contribution >= 4 is 5.78 Å². The summed E-state index contributed by atoms with van der Waals surface area (Å²) in [6.07, 6.45) is 0.0752. The van der Waals surface area contributed by atoms with Gasteiger partial charge in [0.2, 0.25) is 0 Å². The summed E-state index contributed by atoms with van der Waals surface area (Å²) >= 11 is 0. The number of rotatable bonds is 4. The van der Waals surface area contributed by atoms with Gasteiger partial charge in [0.1, 0.15) is 11.6 Å². The van der Waals surface area contributed by atoms with Crippen molar-refractivity contribution in [3.63, 3.8) is 0 Å². The van der Waals surface area contributed by atoms with E-state index in [1.165, 1.54) is 0 Å². The number of nitriles is 1. The highest BCUT2D eigenvalue weighted by Crippen LogP contribution is 2.35. The van der Waals surface area contributed by atoms with E-state index in [0.29, 0.717) is 18.5 Å². The first kappa shape index (κ1) is 13.7. The maximum atomic E-state index is 11.7. The van der Waals surface area contributed by atoms with Crippen LogP contribution in [0.3, 0.4) is 0 Å². The number of nitrogens with one attached hydrogen (secondary N) is 1. The molecule has 0 amide bonds. The molecule has 0 bridgehead atoms. The highest BCUT2D eigenvalue weighted by atomic mass is 16.3. The minimum Gasteiger partial charge on any atom is -0.394 e. The lowest BCUT2D eigenvalue weighted by Crippen LogP contribution is -2.35. The molecule has 0 saturated heterocycles. The fraction of sp³-hybridized carbons (Fsp3) is 0.667. The van der Waals surface area contributed by atoms with Gasteiger partial charge in [0, 0.05) is 18.7 Å². The molecule has 0 saturated carbocycles. The van der Waals surface area contributed by atoms with Gasteiger partial charge in [-0.15, -0.1) is 0 Å². The number of allylic oxidation sites excluding steroid dienone is 2. The third-order valence-electron chi connectivity index (χ3n) is 2.75. The SMILES string of the molecule is CC1(C)CC(=O)C(C#N)=C(NC[C@H](O)CO)C1. The lowest BCUT2D eigenvalue weighted by molar-refractivity contribution is -0.117. The van der Waals surface area contributed by atoms with Crippen LogP contribution >= 0.6 is 0 Å². The average Bonchev–Trinajstić information content (AvgIpc) is 2.24. The fourth-order valence-corrected chi connectivity index (χ4v) is 1.91. The van der Waals surface area contributed by atoms with Crippen LogP contribution in [0.2, 0.25) is 0 Å². The maximum Gasteiger partial charge on any atom is 0.175 e. The van der Waals surface area contributed by atoms with Crippen molar-refractivity contribution in [3.05, 3.63) is 11.3 Å². The molecule has 0 aromatic rings. The smallest absolute Gasteiger partial charge is 0.175 e. The van der Waals surface area contributed by atoms with Crippen LogP contribution in [0.25, 0.3) is 0 Å². The summed E-state index contributed by atoms with van der Waals surface area (Å²) in [6, 6.07) is 1.91. The molecule has 0 fully saturated rings. The van der Waals surface area contributed by atoms with Gasteiger partial charge in [-0.05, 0) is 11.8 Å². The zero-order valence-electron chi connectivity index (χ0n) is 10.2. The first-order valence-electron chi connectivity index (χ1n) is 5.59. The zero-order valence-corrected chi connectivity index (χ0v) is 10.2. The number of carbonyl (C=O) groups excluding carboxylic acids is 1. The molecule has 1 aliphatic carbocycles. The van der Waals surface area contributed by atoms with Gasteiger partial charge in [0.25, 0.3) is 0 Å². The van der Waals surface area contributed by atoms with Gasteiger partial charge < -0.3 is 15.5 Å². The van der Waals surface area contributed by atoms with Crippen molar-refractivity contribution in [1.29, 1.82) is 5.26 Å². The molecule has 5 nitrogen and oxygen atoms in total. The summed E-state index contributed by atoms with van der Waals surface area (Å²) in [5.74, 6) is -0.162. The number of carbonyl (C=O) groups is 1. The molecule has 1 aliphatic rings. The Morgan fingerprint density at radius 3 is 2.71 bits per heavy atom. The van der Waals surface area contributed by atoms with E-state index >= 15 is 0 Å². The van der Waals surface area contributed by atoms with E-state index in [1.807, 2.05) is 19.9 Å². The van der Waals surface area contributed by atoms with Crippen LogP contribution < -0.4 is 5.32 Å². The van der Waals surface area contributed by atoms with E-state index in [0.717, 1.165) is 0 Å². The second-order valence-electron chi connectivity index (χ2n) is 5.12. The summed E-state index contributed by atoms with van der Waals surface area (Å²) in [5.41, 5.74) is 0.542. The minimum absolute atomic E-state index is 0.139. The van der Waals surface area contributed by atoms with Crippen LogP contribution in [0.1, 0.15) is 26.7 Å². The molecule has 5 heteroatoms. The number of Topliss-reactive ketones (excluding diaryl/α,β-unsaturated/α-hetero) is 1. The normalized spacial score (nSPS) is 21.0. The second kappa shape index (κ2) is 5.30. The quantitative estimate of drug-likeness (QED) is 0.645. The van der Waals surface area contributed by atoms with Crippen molar-refractivity contribution < 1.29 is 15.0 Å². The number of hydrogen-bond acceptors (Lipinski definition) is 5. The van der Waals surface area contributed by atoms with Gasteiger partial charge in [0.05, 0.1) is 12.7 Å². The predicted octanol–water partition coefficient (Wildman–Crippen LogP) is 0.0960. The molecular formula is C12H18N2O3. The van der Waals surface area contributed by atoms with Gasteiger partial charge in [-0.25, -0.2) is 0 Å². The number of hydrogen-bond donors (Lipinski definition) is 3. The predicted molar refractivity (Wildman–Crippen MR) is 61.8 cm³/mol. The summed E-state index contributed by atoms with van der Waals surface area (Å²) in [6.45, 7) is 3.71. The van der Waals surface area contributed by atoms with Crippen molar-refractivity contribution in [2.45, 2.75) is 32.8 Å². The van der Waals surface area contributed by atoms with Crippen molar-refractivity contribution in [2.24, 2.45) is 5.41 Å². The van der Waals surface area contributed by atoms with E-state index in [9.17, 15) is 9.90 Å². The molecule has 1 rings (SSSR count). The molecule has 0 aromatic carbocycles. The summed E-state index contributed by atoms with van der Waals surface area (Å²) in [5, 5.41) is 29.8. The number of aliphatic hydroxyl groups is 2. The number of nitrogens with zero attached hydrogens (tertiary/aromatic N) is 1. The van der Waals surface area contributed by atoms with E-state index in [4.69, 9.17) is 10.4 Å². The Labute approximate surface area is 101 Å². The summed E-state index contributed by atoms with van der Waals surface area (Å²) < 4.78 is 0. The monoisotopic (exact) mass is 238 g/mol. The van der Waals surface area contributed by atoms with Crippen LogP contribution in [-0.4, -0.2) is 35.3 Å². The Hall–Kier alpha value is -1.38. The van der Waals surface area contributed by atoms with E-state index < -0.39 is 6.10 Å². The number of ketones is 1. The minimum atomic E-state index is -0.886. The van der Waals surface area contributed by atoms with Crippen molar-refractivity contribution in [3.8, 4) is 6.07 Å². The maximum absolute atomic E-state index is 11.7. The first-order chi connectivity index (χ1) is 7.89. The van der Waals surface area contributed by atoms with Crippen LogP contribution in [0.4, 0.5) is 0 Å². The molecule has 0 radical (unpaired) electrons. The lowest BCUT2D eigenvalue weighted by Gasteiger charge is -2.31. The van der Waals surface area contributed by atoms with Crippen LogP contribution in [0, 0.1) is 16.7 Å².